The van der Waals surface area contributed by atoms with Crippen molar-refractivity contribution >= 4 is 13.7 Å². The maximum absolute atomic E-state index is 6.43. The van der Waals surface area contributed by atoms with Crippen LogP contribution in [-0.2, 0) is 8.85 Å². The molecule has 0 saturated carbocycles. The second kappa shape index (κ2) is 13.6. The van der Waals surface area contributed by atoms with Crippen molar-refractivity contribution in [1.82, 2.24) is 0 Å². The van der Waals surface area contributed by atoms with Gasteiger partial charge in [-0.25, -0.2) is 0 Å². The third kappa shape index (κ3) is 7.95. The number of hydrogen-bond acceptors (Lipinski definition) is 2. The molecule has 3 heteroatoms. The molecule has 138 valence electrons. The van der Waals surface area contributed by atoms with Gasteiger partial charge in [0.1, 0.15) is 0 Å². The van der Waals surface area contributed by atoms with Crippen LogP contribution in [0.4, 0.5) is 0 Å². The molecular formula is C21H38O2Si. The predicted molar refractivity (Wildman–Crippen MR) is 107 cm³/mol. The highest BCUT2D eigenvalue weighted by atomic mass is 28.4. The van der Waals surface area contributed by atoms with Crippen LogP contribution >= 0.6 is 0 Å². The van der Waals surface area contributed by atoms with Crippen LogP contribution in [-0.4, -0.2) is 21.8 Å². The highest BCUT2D eigenvalue weighted by molar-refractivity contribution is 6.81. The van der Waals surface area contributed by atoms with Gasteiger partial charge in [-0.2, -0.15) is 0 Å². The Hall–Kier alpha value is -0.643. The molecule has 0 aliphatic carbocycles. The fraction of sp³-hybridized carbons (Fsp3) is 0.714. The lowest BCUT2D eigenvalue weighted by Crippen LogP contribution is -2.54. The monoisotopic (exact) mass is 350 g/mol. The summed E-state index contributed by atoms with van der Waals surface area (Å²) in [6.07, 6.45) is 11.4. The van der Waals surface area contributed by atoms with E-state index < -0.39 is 8.56 Å². The standard InChI is InChI=1S/C21H38O2Si/c1-4-7-8-9-10-11-15-20-24(22-18-5-2,23-19-6-3)21-16-13-12-14-17-21/h12-14,16-17H,4-11,15,18-20H2,1-3H3. The Balaban J connectivity index is 2.64. The first-order chi connectivity index (χ1) is 11.8. The molecule has 0 unspecified atom stereocenters. The average Bonchev–Trinajstić information content (AvgIpc) is 2.63. The Morgan fingerprint density at radius 3 is 1.75 bits per heavy atom. The van der Waals surface area contributed by atoms with Gasteiger partial charge in [0.05, 0.1) is 0 Å². The van der Waals surface area contributed by atoms with Crippen molar-refractivity contribution in [2.75, 3.05) is 13.2 Å². The van der Waals surface area contributed by atoms with Gasteiger partial charge >= 0.3 is 8.56 Å². The normalized spacial score (nSPS) is 11.8. The highest BCUT2D eigenvalue weighted by Crippen LogP contribution is 2.20. The van der Waals surface area contributed by atoms with Gasteiger partial charge < -0.3 is 8.85 Å². The molecule has 1 aromatic carbocycles. The van der Waals surface area contributed by atoms with Crippen molar-refractivity contribution < 1.29 is 8.85 Å². The third-order valence-electron chi connectivity index (χ3n) is 4.40. The number of rotatable bonds is 15. The van der Waals surface area contributed by atoms with Crippen LogP contribution in [0, 0.1) is 0 Å². The molecule has 0 spiro atoms. The summed E-state index contributed by atoms with van der Waals surface area (Å²) in [5, 5.41) is 1.30. The molecule has 1 rings (SSSR count). The highest BCUT2D eigenvalue weighted by Gasteiger charge is 2.39. The van der Waals surface area contributed by atoms with Crippen molar-refractivity contribution in [3.8, 4) is 0 Å². The maximum atomic E-state index is 6.43. The van der Waals surface area contributed by atoms with Crippen LogP contribution < -0.4 is 5.19 Å². The molecule has 0 fully saturated rings. The van der Waals surface area contributed by atoms with E-state index in [0.29, 0.717) is 0 Å². The Bertz CT molecular complexity index is 386. The molecule has 0 atom stereocenters. The molecule has 0 aliphatic rings. The van der Waals surface area contributed by atoms with E-state index in [1.165, 1.54) is 50.1 Å². The summed E-state index contributed by atoms with van der Waals surface area (Å²) >= 11 is 0. The molecule has 0 heterocycles. The van der Waals surface area contributed by atoms with E-state index in [9.17, 15) is 0 Å². The van der Waals surface area contributed by atoms with Crippen molar-refractivity contribution in [2.45, 2.75) is 84.6 Å². The van der Waals surface area contributed by atoms with Gasteiger partial charge in [-0.15, -0.1) is 0 Å². The van der Waals surface area contributed by atoms with Gasteiger partial charge in [0.25, 0.3) is 0 Å². The van der Waals surface area contributed by atoms with Crippen LogP contribution in [0.15, 0.2) is 30.3 Å². The Morgan fingerprint density at radius 1 is 0.667 bits per heavy atom. The number of unbranched alkanes of at least 4 members (excludes halogenated alkanes) is 6. The zero-order chi connectivity index (χ0) is 17.5. The molecule has 0 aromatic heterocycles. The van der Waals surface area contributed by atoms with Crippen molar-refractivity contribution in [1.29, 1.82) is 0 Å². The van der Waals surface area contributed by atoms with Crippen LogP contribution in [0.25, 0.3) is 0 Å². The van der Waals surface area contributed by atoms with Crippen LogP contribution in [0.2, 0.25) is 6.04 Å². The summed E-state index contributed by atoms with van der Waals surface area (Å²) in [6, 6.07) is 11.8. The van der Waals surface area contributed by atoms with Crippen LogP contribution in [0.1, 0.15) is 78.6 Å². The van der Waals surface area contributed by atoms with E-state index in [-0.39, 0.29) is 0 Å². The summed E-state index contributed by atoms with van der Waals surface area (Å²) in [5.74, 6) is 0. The van der Waals surface area contributed by atoms with E-state index in [4.69, 9.17) is 8.85 Å². The summed E-state index contributed by atoms with van der Waals surface area (Å²) in [5.41, 5.74) is 0. The minimum absolute atomic E-state index is 0.807. The van der Waals surface area contributed by atoms with Gasteiger partial charge in [0, 0.05) is 13.2 Å². The van der Waals surface area contributed by atoms with E-state index in [0.717, 1.165) is 32.1 Å². The van der Waals surface area contributed by atoms with E-state index in [2.05, 4.69) is 51.1 Å². The molecule has 0 amide bonds. The van der Waals surface area contributed by atoms with Gasteiger partial charge in [-0.3, -0.25) is 0 Å². The van der Waals surface area contributed by atoms with Gasteiger partial charge in [-0.05, 0) is 24.1 Å². The molecule has 24 heavy (non-hydrogen) atoms. The van der Waals surface area contributed by atoms with Crippen molar-refractivity contribution in [2.24, 2.45) is 0 Å². The Labute approximate surface area is 151 Å². The first kappa shape index (κ1) is 21.4. The minimum Gasteiger partial charge on any atom is -0.391 e. The fourth-order valence-corrected chi connectivity index (χ4v) is 6.52. The van der Waals surface area contributed by atoms with Crippen LogP contribution in [0.3, 0.4) is 0 Å². The minimum atomic E-state index is -2.29. The fourth-order valence-electron chi connectivity index (χ4n) is 3.04. The predicted octanol–water partition coefficient (Wildman–Crippen LogP) is 5.94. The maximum Gasteiger partial charge on any atom is 0.372 e. The molecule has 0 saturated heterocycles. The molecular weight excluding hydrogens is 312 g/mol. The summed E-state index contributed by atoms with van der Waals surface area (Å²) in [6.45, 7) is 8.24. The van der Waals surface area contributed by atoms with E-state index >= 15 is 0 Å². The molecule has 0 bridgehead atoms. The third-order valence-corrected chi connectivity index (χ3v) is 7.97. The first-order valence-corrected chi connectivity index (χ1v) is 12.1. The topological polar surface area (TPSA) is 18.5 Å². The second-order valence-corrected chi connectivity index (χ2v) is 9.85. The number of benzene rings is 1. The van der Waals surface area contributed by atoms with Crippen LogP contribution in [0.5, 0.6) is 0 Å². The molecule has 0 N–H and O–H groups in total. The molecule has 0 radical (unpaired) electrons. The Morgan fingerprint density at radius 2 is 1.21 bits per heavy atom. The summed E-state index contributed by atoms with van der Waals surface area (Å²) in [7, 11) is -2.29. The second-order valence-electron chi connectivity index (χ2n) is 6.69. The Kier molecular flexibility index (Phi) is 12.1. The molecule has 2 nitrogen and oxygen atoms in total. The summed E-state index contributed by atoms with van der Waals surface area (Å²) < 4.78 is 12.9. The van der Waals surface area contributed by atoms with Crippen molar-refractivity contribution in [3.63, 3.8) is 0 Å². The lowest BCUT2D eigenvalue weighted by molar-refractivity contribution is 0.178. The quantitative estimate of drug-likeness (QED) is 0.288. The summed E-state index contributed by atoms with van der Waals surface area (Å²) in [4.78, 5) is 0. The first-order valence-electron chi connectivity index (χ1n) is 10.1. The zero-order valence-electron chi connectivity index (χ0n) is 16.2. The largest absolute Gasteiger partial charge is 0.391 e. The lowest BCUT2D eigenvalue weighted by Gasteiger charge is -2.31. The van der Waals surface area contributed by atoms with E-state index in [1.54, 1.807) is 0 Å². The average molecular weight is 351 g/mol. The van der Waals surface area contributed by atoms with Gasteiger partial charge in [0.2, 0.25) is 0 Å². The smallest absolute Gasteiger partial charge is 0.372 e. The number of hydrogen-bond donors (Lipinski definition) is 0. The van der Waals surface area contributed by atoms with Gasteiger partial charge in [-0.1, -0.05) is 96.0 Å². The zero-order valence-corrected chi connectivity index (χ0v) is 17.2. The van der Waals surface area contributed by atoms with Crippen molar-refractivity contribution in [3.05, 3.63) is 30.3 Å². The molecule has 1 aromatic rings. The molecule has 0 aliphatic heterocycles. The van der Waals surface area contributed by atoms with E-state index in [1.807, 2.05) is 0 Å². The lowest BCUT2D eigenvalue weighted by atomic mass is 10.1. The SMILES string of the molecule is CCCCCCCCC[Si](OCCC)(OCCC)c1ccccc1. The van der Waals surface area contributed by atoms with Gasteiger partial charge in [0.15, 0.2) is 0 Å².